The number of benzene rings is 2. The fourth-order valence-corrected chi connectivity index (χ4v) is 4.38. The van der Waals surface area contributed by atoms with Crippen LogP contribution in [0.2, 0.25) is 0 Å². The van der Waals surface area contributed by atoms with Crippen LogP contribution in [0.3, 0.4) is 0 Å². The predicted octanol–water partition coefficient (Wildman–Crippen LogP) is 4.48. The van der Waals surface area contributed by atoms with Crippen molar-refractivity contribution in [3.8, 4) is 5.75 Å². The van der Waals surface area contributed by atoms with E-state index in [4.69, 9.17) is 0 Å². The van der Waals surface area contributed by atoms with Crippen molar-refractivity contribution in [3.63, 3.8) is 0 Å². The molecule has 3 atom stereocenters. The zero-order valence-electron chi connectivity index (χ0n) is 12.7. The molecule has 2 nitrogen and oxygen atoms in total. The van der Waals surface area contributed by atoms with E-state index in [-0.39, 0.29) is 6.04 Å². The second-order valence-corrected chi connectivity index (χ2v) is 7.00. The first-order valence-corrected chi connectivity index (χ1v) is 8.99. The average molecular weight is 301 g/mol. The lowest BCUT2D eigenvalue weighted by Gasteiger charge is -2.25. The minimum absolute atomic E-state index is 0.173. The van der Waals surface area contributed by atoms with E-state index in [1.807, 2.05) is 36.0 Å². The van der Waals surface area contributed by atoms with Crippen LogP contribution in [-0.4, -0.2) is 22.7 Å². The van der Waals surface area contributed by atoms with E-state index in [1.54, 1.807) is 0 Å². The Hall–Kier alpha value is -1.19. The van der Waals surface area contributed by atoms with E-state index < -0.39 is 0 Å². The second-order valence-electron chi connectivity index (χ2n) is 5.92. The van der Waals surface area contributed by atoms with E-state index >= 15 is 0 Å². The zero-order valence-corrected chi connectivity index (χ0v) is 13.5. The Labute approximate surface area is 130 Å². The summed E-state index contributed by atoms with van der Waals surface area (Å²) in [5.41, 5.74) is 1.00. The highest BCUT2D eigenvalue weighted by molar-refractivity contribution is 7.99. The molecule has 0 bridgehead atoms. The molecule has 0 aliphatic heterocycles. The van der Waals surface area contributed by atoms with Gasteiger partial charge in [0.05, 0.1) is 0 Å². The van der Waals surface area contributed by atoms with Gasteiger partial charge < -0.3 is 10.4 Å². The highest BCUT2D eigenvalue weighted by Gasteiger charge is 2.28. The van der Waals surface area contributed by atoms with Gasteiger partial charge in [0.25, 0.3) is 0 Å². The van der Waals surface area contributed by atoms with Crippen LogP contribution in [0.25, 0.3) is 10.8 Å². The lowest BCUT2D eigenvalue weighted by Crippen LogP contribution is -2.35. The van der Waals surface area contributed by atoms with Crippen LogP contribution in [0, 0.1) is 0 Å². The SMILES string of the molecule is CSC1CCCC1NC(C)c1ccc2ccccc2c1O. The molecule has 0 saturated heterocycles. The van der Waals surface area contributed by atoms with E-state index in [2.05, 4.69) is 30.6 Å². The first kappa shape index (κ1) is 14.7. The van der Waals surface area contributed by atoms with Gasteiger partial charge in [-0.15, -0.1) is 0 Å². The van der Waals surface area contributed by atoms with Crippen molar-refractivity contribution in [1.82, 2.24) is 5.32 Å². The Morgan fingerprint density at radius 3 is 2.81 bits per heavy atom. The molecule has 1 aliphatic rings. The molecule has 3 unspecified atom stereocenters. The molecule has 21 heavy (non-hydrogen) atoms. The van der Waals surface area contributed by atoms with Crippen molar-refractivity contribution in [2.75, 3.05) is 6.26 Å². The molecule has 0 heterocycles. The topological polar surface area (TPSA) is 32.3 Å². The van der Waals surface area contributed by atoms with Crippen molar-refractivity contribution in [3.05, 3.63) is 42.0 Å². The van der Waals surface area contributed by atoms with Gasteiger partial charge in [-0.05, 0) is 31.4 Å². The molecule has 112 valence electrons. The van der Waals surface area contributed by atoms with Crippen molar-refractivity contribution >= 4 is 22.5 Å². The molecule has 1 aliphatic carbocycles. The fourth-order valence-electron chi connectivity index (χ4n) is 3.43. The van der Waals surface area contributed by atoms with Crippen molar-refractivity contribution < 1.29 is 5.11 Å². The summed E-state index contributed by atoms with van der Waals surface area (Å²) in [6.07, 6.45) is 6.04. The van der Waals surface area contributed by atoms with Crippen molar-refractivity contribution in [2.45, 2.75) is 43.5 Å². The summed E-state index contributed by atoms with van der Waals surface area (Å²) in [6, 6.07) is 12.9. The Kier molecular flexibility index (Phi) is 4.41. The molecule has 1 saturated carbocycles. The summed E-state index contributed by atoms with van der Waals surface area (Å²) in [6.45, 7) is 2.15. The molecular formula is C18H23NOS. The van der Waals surface area contributed by atoms with E-state index in [0.29, 0.717) is 17.0 Å². The lowest BCUT2D eigenvalue weighted by molar-refractivity contribution is 0.433. The van der Waals surface area contributed by atoms with Crippen molar-refractivity contribution in [2.24, 2.45) is 0 Å². The highest BCUT2D eigenvalue weighted by atomic mass is 32.2. The Bertz CT molecular complexity index is 628. The Morgan fingerprint density at radius 1 is 1.19 bits per heavy atom. The Morgan fingerprint density at radius 2 is 2.00 bits per heavy atom. The van der Waals surface area contributed by atoms with E-state index in [1.165, 1.54) is 19.3 Å². The molecule has 0 radical (unpaired) electrons. The van der Waals surface area contributed by atoms with Crippen LogP contribution in [-0.2, 0) is 0 Å². The minimum atomic E-state index is 0.173. The molecule has 3 rings (SSSR count). The van der Waals surface area contributed by atoms with Gasteiger partial charge in [-0.2, -0.15) is 11.8 Å². The van der Waals surface area contributed by atoms with Crippen LogP contribution in [0.4, 0.5) is 0 Å². The number of nitrogens with one attached hydrogen (secondary N) is 1. The molecule has 0 spiro atoms. The maximum atomic E-state index is 10.6. The standard InChI is InChI=1S/C18H23NOS/c1-12(19-16-8-5-9-17(16)21-2)14-11-10-13-6-3-4-7-15(13)18(14)20/h3-4,6-7,10-12,16-17,19-20H,5,8-9H2,1-2H3. The first-order chi connectivity index (χ1) is 10.2. The number of thioether (sulfide) groups is 1. The summed E-state index contributed by atoms with van der Waals surface area (Å²) in [5.74, 6) is 0.423. The molecule has 2 aromatic carbocycles. The zero-order chi connectivity index (χ0) is 14.8. The summed E-state index contributed by atoms with van der Waals surface area (Å²) < 4.78 is 0. The number of phenols is 1. The van der Waals surface area contributed by atoms with Crippen LogP contribution in [0.5, 0.6) is 5.75 Å². The largest absolute Gasteiger partial charge is 0.507 e. The maximum Gasteiger partial charge on any atom is 0.128 e. The van der Waals surface area contributed by atoms with Gasteiger partial charge in [0, 0.05) is 28.3 Å². The highest BCUT2D eigenvalue weighted by Crippen LogP contribution is 2.35. The molecule has 0 aromatic heterocycles. The van der Waals surface area contributed by atoms with Crippen LogP contribution in [0.1, 0.15) is 37.8 Å². The third-order valence-corrected chi connectivity index (χ3v) is 5.79. The van der Waals surface area contributed by atoms with Crippen LogP contribution in [0.15, 0.2) is 36.4 Å². The second kappa shape index (κ2) is 6.29. The van der Waals surface area contributed by atoms with Gasteiger partial charge in [0.2, 0.25) is 0 Å². The van der Waals surface area contributed by atoms with Gasteiger partial charge in [0.15, 0.2) is 0 Å². The predicted molar refractivity (Wildman–Crippen MR) is 92.1 cm³/mol. The fraction of sp³-hybridized carbons (Fsp3) is 0.444. The van der Waals surface area contributed by atoms with Gasteiger partial charge in [-0.1, -0.05) is 42.8 Å². The molecular weight excluding hydrogens is 278 g/mol. The maximum absolute atomic E-state index is 10.6. The summed E-state index contributed by atoms with van der Waals surface area (Å²) in [4.78, 5) is 0. The smallest absolute Gasteiger partial charge is 0.128 e. The number of phenolic OH excluding ortho intramolecular Hbond substituents is 1. The molecule has 3 heteroatoms. The monoisotopic (exact) mass is 301 g/mol. The summed E-state index contributed by atoms with van der Waals surface area (Å²) >= 11 is 1.96. The van der Waals surface area contributed by atoms with Crippen LogP contribution >= 0.6 is 11.8 Å². The minimum Gasteiger partial charge on any atom is -0.507 e. The molecule has 0 amide bonds. The number of fused-ring (bicyclic) bond motifs is 1. The quantitative estimate of drug-likeness (QED) is 0.873. The van der Waals surface area contributed by atoms with Gasteiger partial charge in [-0.3, -0.25) is 0 Å². The average Bonchev–Trinajstić information content (AvgIpc) is 2.95. The Balaban J connectivity index is 1.84. The third kappa shape index (κ3) is 2.90. The van der Waals surface area contributed by atoms with E-state index in [0.717, 1.165) is 16.3 Å². The third-order valence-electron chi connectivity index (χ3n) is 4.62. The van der Waals surface area contributed by atoms with Crippen LogP contribution < -0.4 is 5.32 Å². The number of aromatic hydroxyl groups is 1. The van der Waals surface area contributed by atoms with Gasteiger partial charge in [-0.25, -0.2) is 0 Å². The van der Waals surface area contributed by atoms with Gasteiger partial charge in [0.1, 0.15) is 5.75 Å². The number of hydrogen-bond donors (Lipinski definition) is 2. The lowest BCUT2D eigenvalue weighted by atomic mass is 10.0. The molecule has 1 fully saturated rings. The summed E-state index contributed by atoms with van der Waals surface area (Å²) in [7, 11) is 0. The first-order valence-electron chi connectivity index (χ1n) is 7.70. The van der Waals surface area contributed by atoms with Gasteiger partial charge >= 0.3 is 0 Å². The normalized spacial score (nSPS) is 23.5. The number of hydrogen-bond acceptors (Lipinski definition) is 3. The number of rotatable bonds is 4. The molecule has 2 N–H and O–H groups in total. The summed E-state index contributed by atoms with van der Waals surface area (Å²) in [5, 5.41) is 17.0. The van der Waals surface area contributed by atoms with Crippen molar-refractivity contribution in [1.29, 1.82) is 0 Å². The van der Waals surface area contributed by atoms with E-state index in [9.17, 15) is 5.11 Å². The molecule has 2 aromatic rings.